The standard InChI is InChI=1S/C15H21N3O3/c1-16-14(19)13-8-11(6-7-17-13)18-9-10-4-2-3-5-12(10)15(20)21/h6-8,10,12H,2-5,9H2,1H3,(H,16,19)(H,17,18)(H,20,21). The number of nitrogens with one attached hydrogen (secondary N) is 2. The second-order valence-electron chi connectivity index (χ2n) is 5.38. The number of pyridine rings is 1. The van der Waals surface area contributed by atoms with E-state index in [0.29, 0.717) is 12.2 Å². The number of amides is 1. The van der Waals surface area contributed by atoms with E-state index in [1.54, 1.807) is 25.4 Å². The van der Waals surface area contributed by atoms with Crippen molar-refractivity contribution in [3.05, 3.63) is 24.0 Å². The molecule has 1 aliphatic carbocycles. The van der Waals surface area contributed by atoms with Gasteiger partial charge in [-0.25, -0.2) is 0 Å². The van der Waals surface area contributed by atoms with Crippen molar-refractivity contribution in [1.82, 2.24) is 10.3 Å². The van der Waals surface area contributed by atoms with Gasteiger partial charge in [-0.1, -0.05) is 12.8 Å². The van der Waals surface area contributed by atoms with Crippen molar-refractivity contribution in [1.29, 1.82) is 0 Å². The van der Waals surface area contributed by atoms with Gasteiger partial charge in [-0.05, 0) is 30.9 Å². The highest BCUT2D eigenvalue weighted by molar-refractivity contribution is 5.92. The number of carboxylic acids is 1. The molecule has 1 aliphatic rings. The van der Waals surface area contributed by atoms with Crippen LogP contribution < -0.4 is 10.6 Å². The summed E-state index contributed by atoms with van der Waals surface area (Å²) in [5.74, 6) is -1.08. The Kier molecular flexibility index (Phi) is 5.14. The third-order valence-corrected chi connectivity index (χ3v) is 4.01. The van der Waals surface area contributed by atoms with E-state index in [4.69, 9.17) is 0 Å². The normalized spacial score (nSPS) is 21.6. The number of nitrogens with zero attached hydrogens (tertiary/aromatic N) is 1. The lowest BCUT2D eigenvalue weighted by Crippen LogP contribution is -2.31. The number of aliphatic carboxylic acids is 1. The lowest BCUT2D eigenvalue weighted by molar-refractivity contribution is -0.144. The molecular formula is C15H21N3O3. The maximum absolute atomic E-state index is 11.5. The quantitative estimate of drug-likeness (QED) is 0.768. The minimum Gasteiger partial charge on any atom is -0.481 e. The Morgan fingerprint density at radius 3 is 2.86 bits per heavy atom. The predicted molar refractivity (Wildman–Crippen MR) is 79.2 cm³/mol. The average Bonchev–Trinajstić information content (AvgIpc) is 2.52. The SMILES string of the molecule is CNC(=O)c1cc(NCC2CCCCC2C(=O)O)ccn1. The van der Waals surface area contributed by atoms with E-state index in [0.717, 1.165) is 31.4 Å². The molecule has 2 unspecified atom stereocenters. The fourth-order valence-corrected chi connectivity index (χ4v) is 2.82. The molecule has 0 aromatic carbocycles. The molecule has 1 fully saturated rings. The molecule has 1 aromatic rings. The molecule has 1 saturated carbocycles. The van der Waals surface area contributed by atoms with Crippen LogP contribution in [0.25, 0.3) is 0 Å². The van der Waals surface area contributed by atoms with E-state index < -0.39 is 5.97 Å². The molecule has 2 rings (SSSR count). The Balaban J connectivity index is 1.98. The first-order valence-corrected chi connectivity index (χ1v) is 7.26. The summed E-state index contributed by atoms with van der Waals surface area (Å²) in [4.78, 5) is 26.8. The van der Waals surface area contributed by atoms with Gasteiger partial charge in [0.15, 0.2) is 0 Å². The molecule has 0 aliphatic heterocycles. The summed E-state index contributed by atoms with van der Waals surface area (Å²) in [7, 11) is 1.56. The van der Waals surface area contributed by atoms with Gasteiger partial charge in [0.2, 0.25) is 0 Å². The summed E-state index contributed by atoms with van der Waals surface area (Å²) in [6.45, 7) is 0.605. The fraction of sp³-hybridized carbons (Fsp3) is 0.533. The van der Waals surface area contributed by atoms with Crippen molar-refractivity contribution >= 4 is 17.6 Å². The van der Waals surface area contributed by atoms with Gasteiger partial charge in [0.25, 0.3) is 5.91 Å². The molecule has 0 saturated heterocycles. The van der Waals surface area contributed by atoms with Gasteiger partial charge in [0.05, 0.1) is 5.92 Å². The van der Waals surface area contributed by atoms with E-state index >= 15 is 0 Å². The zero-order valence-corrected chi connectivity index (χ0v) is 12.1. The Morgan fingerprint density at radius 1 is 1.38 bits per heavy atom. The Bertz CT molecular complexity index is 519. The molecule has 1 heterocycles. The molecule has 2 atom stereocenters. The fourth-order valence-electron chi connectivity index (χ4n) is 2.82. The summed E-state index contributed by atoms with van der Waals surface area (Å²) in [5.41, 5.74) is 1.14. The molecule has 0 radical (unpaired) electrons. The van der Waals surface area contributed by atoms with E-state index in [2.05, 4.69) is 15.6 Å². The maximum atomic E-state index is 11.5. The van der Waals surface area contributed by atoms with E-state index in [9.17, 15) is 14.7 Å². The van der Waals surface area contributed by atoms with Gasteiger partial charge in [-0.2, -0.15) is 0 Å². The number of rotatable bonds is 5. The minimum absolute atomic E-state index is 0.132. The van der Waals surface area contributed by atoms with Crippen molar-refractivity contribution in [2.24, 2.45) is 11.8 Å². The second-order valence-corrected chi connectivity index (χ2v) is 5.38. The molecule has 114 valence electrons. The number of aromatic nitrogens is 1. The molecule has 1 aromatic heterocycles. The Hall–Kier alpha value is -2.11. The number of carboxylic acid groups (broad SMARTS) is 1. The lowest BCUT2D eigenvalue weighted by Gasteiger charge is -2.28. The summed E-state index contributed by atoms with van der Waals surface area (Å²) >= 11 is 0. The topological polar surface area (TPSA) is 91.3 Å². The van der Waals surface area contributed by atoms with Crippen LogP contribution in [0.15, 0.2) is 18.3 Å². The minimum atomic E-state index is -0.706. The molecule has 21 heavy (non-hydrogen) atoms. The number of hydrogen-bond donors (Lipinski definition) is 3. The first-order valence-electron chi connectivity index (χ1n) is 7.26. The van der Waals surface area contributed by atoms with Gasteiger partial charge in [0.1, 0.15) is 5.69 Å². The largest absolute Gasteiger partial charge is 0.481 e. The van der Waals surface area contributed by atoms with E-state index in [1.807, 2.05) is 0 Å². The molecule has 0 bridgehead atoms. The summed E-state index contributed by atoms with van der Waals surface area (Å²) in [6, 6.07) is 3.46. The van der Waals surface area contributed by atoms with Gasteiger partial charge < -0.3 is 15.7 Å². The summed E-state index contributed by atoms with van der Waals surface area (Å²) in [5, 5.41) is 15.0. The number of carbonyl (C=O) groups is 2. The van der Waals surface area contributed by atoms with Crippen LogP contribution >= 0.6 is 0 Å². The molecule has 6 heteroatoms. The highest BCUT2D eigenvalue weighted by Crippen LogP contribution is 2.30. The highest BCUT2D eigenvalue weighted by Gasteiger charge is 2.30. The lowest BCUT2D eigenvalue weighted by atomic mass is 9.79. The van der Waals surface area contributed by atoms with Crippen molar-refractivity contribution < 1.29 is 14.7 Å². The van der Waals surface area contributed by atoms with E-state index in [-0.39, 0.29) is 17.7 Å². The first-order chi connectivity index (χ1) is 10.1. The number of carbonyl (C=O) groups excluding carboxylic acids is 1. The van der Waals surface area contributed by atoms with Crippen LogP contribution in [0.3, 0.4) is 0 Å². The van der Waals surface area contributed by atoms with Crippen molar-refractivity contribution in [3.63, 3.8) is 0 Å². The molecule has 0 spiro atoms. The van der Waals surface area contributed by atoms with Gasteiger partial charge in [-0.3, -0.25) is 14.6 Å². The molecule has 3 N–H and O–H groups in total. The molecular weight excluding hydrogens is 270 g/mol. The summed E-state index contributed by atoms with van der Waals surface area (Å²) in [6.07, 6.45) is 5.32. The predicted octanol–water partition coefficient (Wildman–Crippen LogP) is 1.74. The molecule has 1 amide bonds. The van der Waals surface area contributed by atoms with E-state index in [1.165, 1.54) is 0 Å². The molecule has 6 nitrogen and oxygen atoms in total. The summed E-state index contributed by atoms with van der Waals surface area (Å²) < 4.78 is 0. The van der Waals surface area contributed by atoms with Crippen molar-refractivity contribution in [3.8, 4) is 0 Å². The number of anilines is 1. The number of hydrogen-bond acceptors (Lipinski definition) is 4. The van der Waals surface area contributed by atoms with Crippen LogP contribution in [0, 0.1) is 11.8 Å². The van der Waals surface area contributed by atoms with Crippen LogP contribution in [0.5, 0.6) is 0 Å². The second kappa shape index (κ2) is 7.06. The zero-order chi connectivity index (χ0) is 15.2. The third-order valence-electron chi connectivity index (χ3n) is 4.01. The zero-order valence-electron chi connectivity index (χ0n) is 12.1. The monoisotopic (exact) mass is 291 g/mol. The first kappa shape index (κ1) is 15.3. The van der Waals surface area contributed by atoms with Crippen LogP contribution in [0.4, 0.5) is 5.69 Å². The van der Waals surface area contributed by atoms with Gasteiger partial charge in [0, 0.05) is 25.5 Å². The van der Waals surface area contributed by atoms with Gasteiger partial charge >= 0.3 is 5.97 Å². The maximum Gasteiger partial charge on any atom is 0.306 e. The van der Waals surface area contributed by atoms with Crippen LogP contribution in [0.1, 0.15) is 36.2 Å². The van der Waals surface area contributed by atoms with Crippen LogP contribution in [-0.4, -0.2) is 35.6 Å². The van der Waals surface area contributed by atoms with Crippen LogP contribution in [-0.2, 0) is 4.79 Å². The smallest absolute Gasteiger partial charge is 0.306 e. The van der Waals surface area contributed by atoms with Gasteiger partial charge in [-0.15, -0.1) is 0 Å². The highest BCUT2D eigenvalue weighted by atomic mass is 16.4. The van der Waals surface area contributed by atoms with Crippen LogP contribution in [0.2, 0.25) is 0 Å². The third kappa shape index (κ3) is 3.93. The Morgan fingerprint density at radius 2 is 2.14 bits per heavy atom. The Labute approximate surface area is 124 Å². The average molecular weight is 291 g/mol. The van der Waals surface area contributed by atoms with Crippen molar-refractivity contribution in [2.75, 3.05) is 18.9 Å². The van der Waals surface area contributed by atoms with Crippen molar-refractivity contribution in [2.45, 2.75) is 25.7 Å².